The fourth-order valence-electron chi connectivity index (χ4n) is 0.613. The summed E-state index contributed by atoms with van der Waals surface area (Å²) in [6, 6.07) is 0. The zero-order valence-electron chi connectivity index (χ0n) is 7.09. The first-order valence-electron chi connectivity index (χ1n) is 3.34. The van der Waals surface area contributed by atoms with Crippen molar-refractivity contribution in [1.82, 2.24) is 0 Å². The highest BCUT2D eigenvalue weighted by Gasteiger charge is 2.01. The Balaban J connectivity index is 4.36. The zero-order valence-corrected chi connectivity index (χ0v) is 7.09. The van der Waals surface area contributed by atoms with Gasteiger partial charge in [0.1, 0.15) is 5.78 Å². The standard InChI is InChI=1S/C9H10O3/c1-4-8(5-7(2)10)6-9(11)12-3/h1,6H,5H2,2-3H3/b8-6-. The molecule has 12 heavy (non-hydrogen) atoms. The number of ether oxygens (including phenoxy) is 1. The summed E-state index contributed by atoms with van der Waals surface area (Å²) in [6.07, 6.45) is 6.29. The molecule has 0 saturated heterocycles. The SMILES string of the molecule is C#C/C(=C/C(=O)OC)CC(C)=O. The highest BCUT2D eigenvalue weighted by Crippen LogP contribution is 2.00. The smallest absolute Gasteiger partial charge is 0.331 e. The number of carbonyl (C=O) groups excluding carboxylic acids is 2. The van der Waals surface area contributed by atoms with Crippen LogP contribution >= 0.6 is 0 Å². The summed E-state index contributed by atoms with van der Waals surface area (Å²) in [7, 11) is 1.25. The van der Waals surface area contributed by atoms with Crippen molar-refractivity contribution in [3.63, 3.8) is 0 Å². The minimum atomic E-state index is -0.538. The van der Waals surface area contributed by atoms with Crippen LogP contribution in [0.1, 0.15) is 13.3 Å². The van der Waals surface area contributed by atoms with Gasteiger partial charge in [-0.25, -0.2) is 4.79 Å². The number of allylic oxidation sites excluding steroid dienone is 1. The number of rotatable bonds is 3. The molecule has 0 atom stereocenters. The molecule has 0 aliphatic heterocycles. The quantitative estimate of drug-likeness (QED) is 0.352. The molecule has 0 aromatic heterocycles. The number of esters is 1. The van der Waals surface area contributed by atoms with Crippen molar-refractivity contribution in [2.24, 2.45) is 0 Å². The monoisotopic (exact) mass is 166 g/mol. The molecule has 0 spiro atoms. The molecule has 0 aromatic rings. The van der Waals surface area contributed by atoms with Gasteiger partial charge in [0, 0.05) is 18.1 Å². The van der Waals surface area contributed by atoms with Crippen molar-refractivity contribution in [3.8, 4) is 12.3 Å². The summed E-state index contributed by atoms with van der Waals surface area (Å²) in [6.45, 7) is 1.41. The van der Waals surface area contributed by atoms with E-state index in [9.17, 15) is 9.59 Å². The molecule has 0 aromatic carbocycles. The lowest BCUT2D eigenvalue weighted by Gasteiger charge is -1.94. The number of terminal acetylenes is 1. The summed E-state index contributed by atoms with van der Waals surface area (Å²) in [5.41, 5.74) is 0.342. The second-order valence-corrected chi connectivity index (χ2v) is 2.22. The molecule has 0 aliphatic carbocycles. The van der Waals surface area contributed by atoms with Gasteiger partial charge < -0.3 is 4.74 Å². The van der Waals surface area contributed by atoms with Crippen LogP contribution in [0, 0.1) is 12.3 Å². The van der Waals surface area contributed by atoms with Gasteiger partial charge >= 0.3 is 5.97 Å². The summed E-state index contributed by atoms with van der Waals surface area (Å²) in [4.78, 5) is 21.3. The van der Waals surface area contributed by atoms with Crippen LogP contribution in [0.5, 0.6) is 0 Å². The van der Waals surface area contributed by atoms with Crippen LogP contribution in [-0.4, -0.2) is 18.9 Å². The number of ketones is 1. The largest absolute Gasteiger partial charge is 0.466 e. The highest BCUT2D eigenvalue weighted by molar-refractivity contribution is 5.87. The minimum absolute atomic E-state index is 0.0805. The highest BCUT2D eigenvalue weighted by atomic mass is 16.5. The van der Waals surface area contributed by atoms with Gasteiger partial charge in [-0.3, -0.25) is 4.79 Å². The van der Waals surface area contributed by atoms with Crippen molar-refractivity contribution in [2.45, 2.75) is 13.3 Å². The van der Waals surface area contributed by atoms with E-state index < -0.39 is 5.97 Å². The second kappa shape index (κ2) is 5.14. The first kappa shape index (κ1) is 10.4. The maximum Gasteiger partial charge on any atom is 0.331 e. The number of Topliss-reactive ketones (excluding diaryl/α,β-unsaturated/α-hetero) is 1. The Morgan fingerprint density at radius 1 is 1.58 bits per heavy atom. The van der Waals surface area contributed by atoms with Crippen molar-refractivity contribution in [3.05, 3.63) is 11.6 Å². The molecule has 0 aliphatic rings. The van der Waals surface area contributed by atoms with E-state index in [0.29, 0.717) is 5.57 Å². The molecule has 0 heterocycles. The minimum Gasteiger partial charge on any atom is -0.466 e. The molecule has 0 radical (unpaired) electrons. The van der Waals surface area contributed by atoms with Gasteiger partial charge in [-0.15, -0.1) is 6.42 Å². The topological polar surface area (TPSA) is 43.4 Å². The van der Waals surface area contributed by atoms with Crippen molar-refractivity contribution >= 4 is 11.8 Å². The van der Waals surface area contributed by atoms with E-state index in [4.69, 9.17) is 6.42 Å². The Hall–Kier alpha value is -1.56. The van der Waals surface area contributed by atoms with Crippen molar-refractivity contribution in [1.29, 1.82) is 0 Å². The molecule has 0 amide bonds. The van der Waals surface area contributed by atoms with Gasteiger partial charge in [0.15, 0.2) is 0 Å². The van der Waals surface area contributed by atoms with Crippen LogP contribution in [0.15, 0.2) is 11.6 Å². The molecule has 64 valence electrons. The van der Waals surface area contributed by atoms with Crippen molar-refractivity contribution in [2.75, 3.05) is 7.11 Å². The molecular formula is C9H10O3. The molecular weight excluding hydrogens is 156 g/mol. The number of hydrogen-bond acceptors (Lipinski definition) is 3. The van der Waals surface area contributed by atoms with Crippen LogP contribution in [0.2, 0.25) is 0 Å². The van der Waals surface area contributed by atoms with Crippen LogP contribution in [0.25, 0.3) is 0 Å². The van der Waals surface area contributed by atoms with Crippen LogP contribution in [0.3, 0.4) is 0 Å². The summed E-state index contributed by atoms with van der Waals surface area (Å²) >= 11 is 0. The average Bonchev–Trinajstić information content (AvgIpc) is 2.02. The second-order valence-electron chi connectivity index (χ2n) is 2.22. The maximum absolute atomic E-state index is 10.7. The lowest BCUT2D eigenvalue weighted by Crippen LogP contribution is -1.99. The van der Waals surface area contributed by atoms with Gasteiger partial charge in [0.05, 0.1) is 7.11 Å². The fraction of sp³-hybridized carbons (Fsp3) is 0.333. The summed E-state index contributed by atoms with van der Waals surface area (Å²) in [5.74, 6) is 1.62. The zero-order chi connectivity index (χ0) is 9.56. The molecule has 3 heteroatoms. The van der Waals surface area contributed by atoms with Crippen molar-refractivity contribution < 1.29 is 14.3 Å². The molecule has 0 bridgehead atoms. The number of hydrogen-bond donors (Lipinski definition) is 0. The third-order valence-electron chi connectivity index (χ3n) is 1.12. The molecule has 0 unspecified atom stereocenters. The van der Waals surface area contributed by atoms with E-state index in [1.54, 1.807) is 0 Å². The van der Waals surface area contributed by atoms with E-state index >= 15 is 0 Å². The van der Waals surface area contributed by atoms with E-state index in [-0.39, 0.29) is 12.2 Å². The Morgan fingerprint density at radius 2 is 2.17 bits per heavy atom. The number of methoxy groups -OCH3 is 1. The first-order chi connectivity index (χ1) is 5.60. The van der Waals surface area contributed by atoms with E-state index in [0.717, 1.165) is 6.08 Å². The average molecular weight is 166 g/mol. The van der Waals surface area contributed by atoms with Gasteiger partial charge in [-0.2, -0.15) is 0 Å². The molecule has 0 fully saturated rings. The predicted molar refractivity (Wildman–Crippen MR) is 44.2 cm³/mol. The first-order valence-corrected chi connectivity index (χ1v) is 3.34. The Morgan fingerprint density at radius 3 is 2.50 bits per heavy atom. The van der Waals surface area contributed by atoms with E-state index in [1.807, 2.05) is 0 Å². The molecule has 0 N–H and O–H groups in total. The lowest BCUT2D eigenvalue weighted by atomic mass is 10.1. The van der Waals surface area contributed by atoms with Crippen LogP contribution in [0.4, 0.5) is 0 Å². The molecule has 0 rings (SSSR count). The Labute approximate surface area is 71.4 Å². The lowest BCUT2D eigenvalue weighted by molar-refractivity contribution is -0.134. The van der Waals surface area contributed by atoms with E-state index in [1.165, 1.54) is 14.0 Å². The normalized spacial score (nSPS) is 10.2. The predicted octanol–water partition coefficient (Wildman–Crippen LogP) is 0.698. The molecule has 0 saturated carbocycles. The van der Waals surface area contributed by atoms with Gasteiger partial charge in [-0.1, -0.05) is 5.92 Å². The van der Waals surface area contributed by atoms with Gasteiger partial charge in [0.25, 0.3) is 0 Å². The summed E-state index contributed by atoms with van der Waals surface area (Å²) < 4.78 is 4.34. The van der Waals surface area contributed by atoms with Gasteiger partial charge in [-0.05, 0) is 6.92 Å². The maximum atomic E-state index is 10.7. The third kappa shape index (κ3) is 4.29. The van der Waals surface area contributed by atoms with E-state index in [2.05, 4.69) is 10.7 Å². The summed E-state index contributed by atoms with van der Waals surface area (Å²) in [5, 5.41) is 0. The molecule has 3 nitrogen and oxygen atoms in total. The third-order valence-corrected chi connectivity index (χ3v) is 1.12. The fourth-order valence-corrected chi connectivity index (χ4v) is 0.613. The van der Waals surface area contributed by atoms with Crippen LogP contribution in [-0.2, 0) is 14.3 Å². The van der Waals surface area contributed by atoms with Gasteiger partial charge in [0.2, 0.25) is 0 Å². The Bertz CT molecular complexity index is 255. The number of carbonyl (C=O) groups is 2. The van der Waals surface area contributed by atoms with Crippen LogP contribution < -0.4 is 0 Å². The Kier molecular flexibility index (Phi) is 4.47.